The Labute approximate surface area is 108 Å². The fourth-order valence-electron chi connectivity index (χ4n) is 1.42. The van der Waals surface area contributed by atoms with E-state index < -0.39 is 5.97 Å². The van der Waals surface area contributed by atoms with Crippen molar-refractivity contribution >= 4 is 33.2 Å². The summed E-state index contributed by atoms with van der Waals surface area (Å²) in [7, 11) is 0. The fraction of sp³-hybridized carbons (Fsp3) is 0.545. The number of thiophene rings is 1. The van der Waals surface area contributed by atoms with Gasteiger partial charge in [-0.05, 0) is 40.7 Å². The predicted octanol–water partition coefficient (Wildman–Crippen LogP) is 3.20. The maximum atomic E-state index is 10.8. The van der Waals surface area contributed by atoms with Gasteiger partial charge in [0, 0.05) is 21.9 Å². The summed E-state index contributed by atoms with van der Waals surface area (Å²) in [5, 5.41) is 10.9. The molecule has 0 saturated heterocycles. The molecule has 1 heterocycles. The molecular formula is C11H16BrNO2S. The van der Waals surface area contributed by atoms with Crippen molar-refractivity contribution in [2.75, 3.05) is 6.54 Å². The number of nitrogens with zero attached hydrogens (tertiary/aromatic N) is 1. The molecule has 1 N–H and O–H groups in total. The molecule has 0 bridgehead atoms. The molecule has 0 fully saturated rings. The Bertz CT molecular complexity index is 354. The molecule has 1 aromatic heterocycles. The van der Waals surface area contributed by atoms with Gasteiger partial charge in [-0.1, -0.05) is 6.92 Å². The van der Waals surface area contributed by atoms with Gasteiger partial charge in [0.2, 0.25) is 0 Å². The maximum Gasteiger partial charge on any atom is 0.317 e. The number of carboxylic acids is 1. The molecule has 5 heteroatoms. The van der Waals surface area contributed by atoms with Gasteiger partial charge in [0.25, 0.3) is 0 Å². The minimum atomic E-state index is -0.770. The van der Waals surface area contributed by atoms with E-state index in [1.54, 1.807) is 11.3 Å². The van der Waals surface area contributed by atoms with Crippen LogP contribution >= 0.6 is 27.3 Å². The highest BCUT2D eigenvalue weighted by Gasteiger charge is 2.17. The van der Waals surface area contributed by atoms with Crippen molar-refractivity contribution in [1.29, 1.82) is 0 Å². The number of rotatable bonds is 6. The van der Waals surface area contributed by atoms with E-state index in [1.165, 1.54) is 4.88 Å². The van der Waals surface area contributed by atoms with E-state index in [4.69, 9.17) is 5.11 Å². The Kier molecular flexibility index (Phi) is 5.44. The molecule has 1 unspecified atom stereocenters. The van der Waals surface area contributed by atoms with Crippen LogP contribution in [0.3, 0.4) is 0 Å². The van der Waals surface area contributed by atoms with Crippen molar-refractivity contribution in [3.8, 4) is 0 Å². The molecule has 1 aromatic rings. The molecule has 0 aliphatic carbocycles. The lowest BCUT2D eigenvalue weighted by atomic mass is 10.2. The largest absolute Gasteiger partial charge is 0.480 e. The zero-order chi connectivity index (χ0) is 12.1. The van der Waals surface area contributed by atoms with E-state index in [-0.39, 0.29) is 12.6 Å². The first kappa shape index (κ1) is 13.7. The standard InChI is InChI=1S/C11H16BrNO2S/c1-3-8(2)13(7-11(14)15)6-10-9(12)4-5-16-10/h4-5,8H,3,6-7H2,1-2H3,(H,14,15). The summed E-state index contributed by atoms with van der Waals surface area (Å²) in [4.78, 5) is 14.0. The Morgan fingerprint density at radius 2 is 2.38 bits per heavy atom. The summed E-state index contributed by atoms with van der Waals surface area (Å²) < 4.78 is 1.07. The third-order valence-corrected chi connectivity index (χ3v) is 4.50. The van der Waals surface area contributed by atoms with Gasteiger partial charge >= 0.3 is 5.97 Å². The van der Waals surface area contributed by atoms with Gasteiger partial charge in [0.15, 0.2) is 0 Å². The van der Waals surface area contributed by atoms with Crippen molar-refractivity contribution < 1.29 is 9.90 Å². The molecule has 90 valence electrons. The van der Waals surface area contributed by atoms with Crippen LogP contribution in [0, 0.1) is 0 Å². The van der Waals surface area contributed by atoms with Crippen LogP contribution < -0.4 is 0 Å². The second-order valence-electron chi connectivity index (χ2n) is 3.75. The number of carbonyl (C=O) groups is 1. The van der Waals surface area contributed by atoms with Crippen molar-refractivity contribution in [3.63, 3.8) is 0 Å². The lowest BCUT2D eigenvalue weighted by Crippen LogP contribution is -2.36. The normalized spacial score (nSPS) is 13.0. The molecule has 0 aliphatic rings. The molecular weight excluding hydrogens is 290 g/mol. The summed E-state index contributed by atoms with van der Waals surface area (Å²) in [6.07, 6.45) is 0.955. The number of carboxylic acid groups (broad SMARTS) is 1. The number of hydrogen-bond acceptors (Lipinski definition) is 3. The van der Waals surface area contributed by atoms with E-state index in [1.807, 2.05) is 16.3 Å². The first-order valence-electron chi connectivity index (χ1n) is 5.22. The Balaban J connectivity index is 2.70. The minimum Gasteiger partial charge on any atom is -0.480 e. The van der Waals surface area contributed by atoms with E-state index in [0.717, 1.165) is 10.9 Å². The number of halogens is 1. The van der Waals surface area contributed by atoms with Gasteiger partial charge in [-0.2, -0.15) is 0 Å². The molecule has 0 radical (unpaired) electrons. The highest BCUT2D eigenvalue weighted by Crippen LogP contribution is 2.25. The third-order valence-electron chi connectivity index (χ3n) is 2.59. The van der Waals surface area contributed by atoms with Crippen LogP contribution in [0.25, 0.3) is 0 Å². The predicted molar refractivity (Wildman–Crippen MR) is 69.8 cm³/mol. The maximum absolute atomic E-state index is 10.8. The van der Waals surface area contributed by atoms with Crippen LogP contribution in [-0.2, 0) is 11.3 Å². The Hall–Kier alpha value is -0.390. The zero-order valence-corrected chi connectivity index (χ0v) is 11.8. The van der Waals surface area contributed by atoms with Gasteiger partial charge < -0.3 is 5.11 Å². The first-order valence-corrected chi connectivity index (χ1v) is 6.89. The number of aliphatic carboxylic acids is 1. The number of hydrogen-bond donors (Lipinski definition) is 1. The molecule has 1 rings (SSSR count). The third kappa shape index (κ3) is 3.88. The van der Waals surface area contributed by atoms with E-state index >= 15 is 0 Å². The monoisotopic (exact) mass is 305 g/mol. The van der Waals surface area contributed by atoms with Gasteiger partial charge in [0.05, 0.1) is 6.54 Å². The van der Waals surface area contributed by atoms with Crippen molar-refractivity contribution in [2.45, 2.75) is 32.9 Å². The molecule has 16 heavy (non-hydrogen) atoms. The smallest absolute Gasteiger partial charge is 0.317 e. The summed E-state index contributed by atoms with van der Waals surface area (Å²) in [5.41, 5.74) is 0. The SMILES string of the molecule is CCC(C)N(CC(=O)O)Cc1sccc1Br. The van der Waals surface area contributed by atoms with Crippen LogP contribution in [0.1, 0.15) is 25.1 Å². The molecule has 0 spiro atoms. The summed E-state index contributed by atoms with van der Waals surface area (Å²) in [6, 6.07) is 2.28. The Morgan fingerprint density at radius 1 is 1.69 bits per heavy atom. The van der Waals surface area contributed by atoms with E-state index in [0.29, 0.717) is 6.54 Å². The second-order valence-corrected chi connectivity index (χ2v) is 5.60. The lowest BCUT2D eigenvalue weighted by Gasteiger charge is -2.26. The molecule has 0 aliphatic heterocycles. The zero-order valence-electron chi connectivity index (χ0n) is 9.44. The van der Waals surface area contributed by atoms with Crippen LogP contribution in [0.4, 0.5) is 0 Å². The Morgan fingerprint density at radius 3 is 2.81 bits per heavy atom. The average molecular weight is 306 g/mol. The van der Waals surface area contributed by atoms with Crippen molar-refractivity contribution in [2.24, 2.45) is 0 Å². The van der Waals surface area contributed by atoms with E-state index in [9.17, 15) is 4.79 Å². The minimum absolute atomic E-state index is 0.0966. The summed E-state index contributed by atoms with van der Waals surface area (Å²) in [5.74, 6) is -0.770. The molecule has 0 aromatic carbocycles. The van der Waals surface area contributed by atoms with Crippen LogP contribution in [0.5, 0.6) is 0 Å². The summed E-state index contributed by atoms with van der Waals surface area (Å²) in [6.45, 7) is 4.92. The van der Waals surface area contributed by atoms with Crippen LogP contribution in [0.2, 0.25) is 0 Å². The highest BCUT2D eigenvalue weighted by atomic mass is 79.9. The first-order chi connectivity index (χ1) is 7.54. The van der Waals surface area contributed by atoms with Gasteiger partial charge in [-0.15, -0.1) is 11.3 Å². The van der Waals surface area contributed by atoms with Gasteiger partial charge in [0.1, 0.15) is 0 Å². The van der Waals surface area contributed by atoms with Gasteiger partial charge in [-0.25, -0.2) is 0 Å². The highest BCUT2D eigenvalue weighted by molar-refractivity contribution is 9.10. The molecule has 1 atom stereocenters. The van der Waals surface area contributed by atoms with Crippen molar-refractivity contribution in [3.05, 3.63) is 20.8 Å². The molecule has 0 amide bonds. The fourth-order valence-corrected chi connectivity index (χ4v) is 2.92. The van der Waals surface area contributed by atoms with Gasteiger partial charge in [-0.3, -0.25) is 9.69 Å². The van der Waals surface area contributed by atoms with Crippen LogP contribution in [0.15, 0.2) is 15.9 Å². The lowest BCUT2D eigenvalue weighted by molar-refractivity contribution is -0.139. The summed E-state index contributed by atoms with van der Waals surface area (Å²) >= 11 is 5.12. The molecule has 0 saturated carbocycles. The van der Waals surface area contributed by atoms with Crippen LogP contribution in [-0.4, -0.2) is 28.6 Å². The second kappa shape index (κ2) is 6.37. The van der Waals surface area contributed by atoms with Crippen molar-refractivity contribution in [1.82, 2.24) is 4.90 Å². The van der Waals surface area contributed by atoms with E-state index in [2.05, 4.69) is 29.8 Å². The average Bonchev–Trinajstić information content (AvgIpc) is 2.61. The topological polar surface area (TPSA) is 40.5 Å². The molecule has 3 nitrogen and oxygen atoms in total. The quantitative estimate of drug-likeness (QED) is 0.877.